The van der Waals surface area contributed by atoms with Crippen molar-refractivity contribution in [3.05, 3.63) is 12.2 Å². The Morgan fingerprint density at radius 3 is 2.50 bits per heavy atom. The Hall–Kier alpha value is -0.830. The van der Waals surface area contributed by atoms with Gasteiger partial charge < -0.3 is 4.90 Å². The molecule has 0 aliphatic heterocycles. The van der Waals surface area contributed by atoms with Crippen molar-refractivity contribution in [3.8, 4) is 0 Å². The summed E-state index contributed by atoms with van der Waals surface area (Å²) < 4.78 is 0. The van der Waals surface area contributed by atoms with Crippen LogP contribution in [0.5, 0.6) is 0 Å². The molecule has 3 unspecified atom stereocenters. The summed E-state index contributed by atoms with van der Waals surface area (Å²) in [6.07, 6.45) is 5.27. The number of rotatable bonds is 2. The van der Waals surface area contributed by atoms with Crippen LogP contribution in [0.4, 0.5) is 0 Å². The molecule has 86 valence electrons. The third-order valence-corrected chi connectivity index (χ3v) is 4.79. The highest BCUT2D eigenvalue weighted by atomic mass is 35.5. The van der Waals surface area contributed by atoms with Crippen LogP contribution in [0.15, 0.2) is 12.2 Å². The van der Waals surface area contributed by atoms with Gasteiger partial charge in [0.15, 0.2) is 0 Å². The van der Waals surface area contributed by atoms with Gasteiger partial charge in [-0.1, -0.05) is 12.2 Å². The Balaban J connectivity index is 1.94. The first-order chi connectivity index (χ1) is 7.49. The summed E-state index contributed by atoms with van der Waals surface area (Å²) in [4.78, 5) is 25.2. The lowest BCUT2D eigenvalue weighted by molar-refractivity contribution is -0.137. The zero-order chi connectivity index (χ0) is 11.7. The molecule has 1 spiro atoms. The predicted octanol–water partition coefficient (Wildman–Crippen LogP) is 1.28. The van der Waals surface area contributed by atoms with Gasteiger partial charge in [0.2, 0.25) is 11.1 Å². The Kier molecular flexibility index (Phi) is 1.87. The second kappa shape index (κ2) is 2.89. The fourth-order valence-corrected chi connectivity index (χ4v) is 3.92. The highest BCUT2D eigenvalue weighted by molar-refractivity contribution is 6.64. The summed E-state index contributed by atoms with van der Waals surface area (Å²) in [6, 6.07) is 0. The fourth-order valence-electron chi connectivity index (χ4n) is 3.65. The molecule has 3 nitrogen and oxygen atoms in total. The summed E-state index contributed by atoms with van der Waals surface area (Å²) >= 11 is 5.66. The Morgan fingerprint density at radius 1 is 1.38 bits per heavy atom. The van der Waals surface area contributed by atoms with Gasteiger partial charge in [-0.25, -0.2) is 0 Å². The van der Waals surface area contributed by atoms with Crippen LogP contribution in [0.2, 0.25) is 0 Å². The van der Waals surface area contributed by atoms with Gasteiger partial charge in [0.1, 0.15) is 0 Å². The molecule has 3 aliphatic carbocycles. The molecule has 0 bridgehead atoms. The molecule has 0 heterocycles. The highest BCUT2D eigenvalue weighted by Gasteiger charge is 2.74. The zero-order valence-corrected chi connectivity index (χ0v) is 10.1. The van der Waals surface area contributed by atoms with Crippen LogP contribution in [0.1, 0.15) is 6.42 Å². The van der Waals surface area contributed by atoms with Crippen molar-refractivity contribution in [2.75, 3.05) is 14.1 Å². The van der Waals surface area contributed by atoms with Crippen molar-refractivity contribution in [2.24, 2.45) is 29.1 Å². The van der Waals surface area contributed by atoms with Gasteiger partial charge in [-0.3, -0.25) is 9.59 Å². The minimum Gasteiger partial charge on any atom is -0.349 e. The molecule has 0 aromatic rings. The molecule has 0 N–H and O–H groups in total. The van der Waals surface area contributed by atoms with Crippen LogP contribution in [-0.4, -0.2) is 30.1 Å². The van der Waals surface area contributed by atoms with Gasteiger partial charge in [0.25, 0.3) is 0 Å². The number of hydrogen-bond donors (Lipinski definition) is 0. The summed E-state index contributed by atoms with van der Waals surface area (Å²) in [7, 11) is 3.47. The van der Waals surface area contributed by atoms with Crippen LogP contribution < -0.4 is 0 Å². The summed E-state index contributed by atoms with van der Waals surface area (Å²) in [5.41, 5.74) is 0.158. The molecule has 3 aliphatic rings. The van der Waals surface area contributed by atoms with Crippen molar-refractivity contribution in [1.29, 1.82) is 0 Å². The zero-order valence-electron chi connectivity index (χ0n) is 9.31. The first kappa shape index (κ1) is 10.3. The van der Waals surface area contributed by atoms with Crippen molar-refractivity contribution >= 4 is 22.8 Å². The Bertz CT molecular complexity index is 417. The molecular formula is C12H14ClNO2. The van der Waals surface area contributed by atoms with Crippen molar-refractivity contribution in [3.63, 3.8) is 0 Å². The second-order valence-corrected chi connectivity index (χ2v) is 5.77. The SMILES string of the molecule is CN(C)C(=O)[C@H]1C2CC23C=CC3[C@H]1C(=O)Cl. The number of hydrogen-bond acceptors (Lipinski definition) is 2. The summed E-state index contributed by atoms with van der Waals surface area (Å²) in [5, 5.41) is -0.346. The van der Waals surface area contributed by atoms with E-state index >= 15 is 0 Å². The molecule has 0 aromatic carbocycles. The molecule has 2 fully saturated rings. The molecule has 3 rings (SSSR count). The number of allylic oxidation sites excluding steroid dienone is 2. The summed E-state index contributed by atoms with van der Waals surface area (Å²) in [6.45, 7) is 0. The van der Waals surface area contributed by atoms with Gasteiger partial charge >= 0.3 is 0 Å². The van der Waals surface area contributed by atoms with E-state index in [9.17, 15) is 9.59 Å². The molecule has 4 heteroatoms. The van der Waals surface area contributed by atoms with Gasteiger partial charge in [-0.15, -0.1) is 0 Å². The fraction of sp³-hybridized carbons (Fsp3) is 0.667. The second-order valence-electron chi connectivity index (χ2n) is 5.40. The highest BCUT2D eigenvalue weighted by Crippen LogP contribution is 2.76. The normalized spacial score (nSPS) is 46.7. The lowest BCUT2D eigenvalue weighted by atomic mass is 9.74. The van der Waals surface area contributed by atoms with E-state index in [4.69, 9.17) is 11.6 Å². The van der Waals surface area contributed by atoms with E-state index in [0.29, 0.717) is 5.92 Å². The van der Waals surface area contributed by atoms with E-state index in [2.05, 4.69) is 6.08 Å². The van der Waals surface area contributed by atoms with Crippen LogP contribution >= 0.6 is 11.6 Å². The maximum atomic E-state index is 12.1. The van der Waals surface area contributed by atoms with Crippen molar-refractivity contribution in [1.82, 2.24) is 4.90 Å². The van der Waals surface area contributed by atoms with Gasteiger partial charge in [-0.05, 0) is 35.3 Å². The lowest BCUT2D eigenvalue weighted by Crippen LogP contribution is -2.38. The lowest BCUT2D eigenvalue weighted by Gasteiger charge is -2.31. The smallest absolute Gasteiger partial charge is 0.226 e. The van der Waals surface area contributed by atoms with E-state index < -0.39 is 0 Å². The van der Waals surface area contributed by atoms with Crippen LogP contribution in [0.25, 0.3) is 0 Å². The van der Waals surface area contributed by atoms with E-state index in [1.807, 2.05) is 6.08 Å². The minimum atomic E-state index is -0.346. The van der Waals surface area contributed by atoms with E-state index in [1.54, 1.807) is 19.0 Å². The standard InChI is InChI=1S/C12H14ClNO2/c1-14(2)11(16)9-7-5-12(7)4-3-6(12)8(9)10(13)15/h3-4,6-9H,5H2,1-2H3/t6?,7?,8-,9+,12?/m1/s1. The largest absolute Gasteiger partial charge is 0.349 e. The maximum absolute atomic E-state index is 12.1. The quantitative estimate of drug-likeness (QED) is 0.538. The molecule has 0 aromatic heterocycles. The van der Waals surface area contributed by atoms with Crippen LogP contribution in [-0.2, 0) is 9.59 Å². The molecule has 2 saturated carbocycles. The number of carbonyl (C=O) groups is 2. The molecule has 1 amide bonds. The van der Waals surface area contributed by atoms with E-state index in [1.165, 1.54) is 0 Å². The average Bonchev–Trinajstić information content (AvgIpc) is 2.87. The van der Waals surface area contributed by atoms with Gasteiger partial charge in [-0.2, -0.15) is 0 Å². The number of amides is 1. The first-order valence-electron chi connectivity index (χ1n) is 5.59. The summed E-state index contributed by atoms with van der Waals surface area (Å²) in [5.74, 6) is 0.138. The Labute approximate surface area is 99.4 Å². The molecular weight excluding hydrogens is 226 g/mol. The maximum Gasteiger partial charge on any atom is 0.226 e. The van der Waals surface area contributed by atoms with E-state index in [-0.39, 0.29) is 34.3 Å². The Morgan fingerprint density at radius 2 is 2.06 bits per heavy atom. The first-order valence-corrected chi connectivity index (χ1v) is 5.97. The monoisotopic (exact) mass is 239 g/mol. The third-order valence-electron chi connectivity index (χ3n) is 4.53. The topological polar surface area (TPSA) is 37.4 Å². The number of nitrogens with zero attached hydrogens (tertiary/aromatic N) is 1. The molecule has 0 saturated heterocycles. The number of carbonyl (C=O) groups excluding carboxylic acids is 2. The molecule has 0 radical (unpaired) electrons. The van der Waals surface area contributed by atoms with Crippen molar-refractivity contribution < 1.29 is 9.59 Å². The molecule has 16 heavy (non-hydrogen) atoms. The van der Waals surface area contributed by atoms with Crippen molar-refractivity contribution in [2.45, 2.75) is 6.42 Å². The van der Waals surface area contributed by atoms with Crippen LogP contribution in [0, 0.1) is 29.1 Å². The minimum absolute atomic E-state index is 0.0528. The van der Waals surface area contributed by atoms with E-state index in [0.717, 1.165) is 6.42 Å². The van der Waals surface area contributed by atoms with Gasteiger partial charge in [0, 0.05) is 14.1 Å². The third kappa shape index (κ3) is 1.000. The average molecular weight is 240 g/mol. The molecule has 5 atom stereocenters. The van der Waals surface area contributed by atoms with Crippen LogP contribution in [0.3, 0.4) is 0 Å². The number of halogens is 1. The predicted molar refractivity (Wildman–Crippen MR) is 59.7 cm³/mol. The van der Waals surface area contributed by atoms with Gasteiger partial charge in [0.05, 0.1) is 11.8 Å².